The largest absolute Gasteiger partial charge is 0.494 e. The molecule has 0 saturated heterocycles. The molecule has 0 heterocycles. The maximum Gasteiger partial charge on any atom is 0.219 e. The molecule has 0 saturated carbocycles. The van der Waals surface area contributed by atoms with Gasteiger partial charge in [0.2, 0.25) is 5.91 Å². The highest BCUT2D eigenvalue weighted by molar-refractivity contribution is 5.75. The Hall–Kier alpha value is -1.51. The van der Waals surface area contributed by atoms with Gasteiger partial charge in [-0.1, -0.05) is 19.1 Å². The van der Waals surface area contributed by atoms with E-state index in [1.54, 1.807) is 0 Å². The number of ether oxygens (including phenoxy) is 1. The van der Waals surface area contributed by atoms with Crippen molar-refractivity contribution in [3.63, 3.8) is 0 Å². The molecule has 0 atom stereocenters. The van der Waals surface area contributed by atoms with E-state index in [1.165, 1.54) is 5.56 Å². The SMILES string of the molecule is CCCC(=O)NCCc1ccc(OCC)cc1. The lowest BCUT2D eigenvalue weighted by atomic mass is 10.1. The Morgan fingerprint density at radius 2 is 1.94 bits per heavy atom. The molecule has 0 unspecified atom stereocenters. The molecule has 1 rings (SSSR count). The van der Waals surface area contributed by atoms with Gasteiger partial charge in [-0.15, -0.1) is 0 Å². The van der Waals surface area contributed by atoms with E-state index in [2.05, 4.69) is 5.32 Å². The Balaban J connectivity index is 2.29. The molecule has 0 aliphatic rings. The van der Waals surface area contributed by atoms with Gasteiger partial charge in [-0.25, -0.2) is 0 Å². The number of hydrogen-bond acceptors (Lipinski definition) is 2. The van der Waals surface area contributed by atoms with Crippen LogP contribution in [0.15, 0.2) is 24.3 Å². The molecule has 0 aliphatic carbocycles. The molecule has 0 aliphatic heterocycles. The number of nitrogens with one attached hydrogen (secondary N) is 1. The van der Waals surface area contributed by atoms with Gasteiger partial charge in [0.15, 0.2) is 0 Å². The summed E-state index contributed by atoms with van der Waals surface area (Å²) in [6.45, 7) is 5.36. The molecule has 0 spiro atoms. The maximum absolute atomic E-state index is 11.2. The zero-order valence-corrected chi connectivity index (χ0v) is 10.7. The van der Waals surface area contributed by atoms with Crippen molar-refractivity contribution in [2.45, 2.75) is 33.1 Å². The number of amides is 1. The Bertz CT molecular complexity index is 333. The third kappa shape index (κ3) is 5.38. The summed E-state index contributed by atoms with van der Waals surface area (Å²) in [5.41, 5.74) is 1.21. The second kappa shape index (κ2) is 7.71. The molecule has 3 nitrogen and oxygen atoms in total. The van der Waals surface area contributed by atoms with Crippen molar-refractivity contribution < 1.29 is 9.53 Å². The van der Waals surface area contributed by atoms with Crippen LogP contribution in [0.4, 0.5) is 0 Å². The van der Waals surface area contributed by atoms with Crippen molar-refractivity contribution in [2.24, 2.45) is 0 Å². The summed E-state index contributed by atoms with van der Waals surface area (Å²) in [6.07, 6.45) is 2.38. The average molecular weight is 235 g/mol. The monoisotopic (exact) mass is 235 g/mol. The van der Waals surface area contributed by atoms with Gasteiger partial charge in [0.25, 0.3) is 0 Å². The predicted molar refractivity (Wildman–Crippen MR) is 69.2 cm³/mol. The van der Waals surface area contributed by atoms with Crippen LogP contribution in [0, 0.1) is 0 Å². The third-order valence-electron chi connectivity index (χ3n) is 2.45. The van der Waals surface area contributed by atoms with E-state index in [0.29, 0.717) is 19.6 Å². The normalized spacial score (nSPS) is 10.0. The first-order chi connectivity index (χ1) is 8.26. The fourth-order valence-electron chi connectivity index (χ4n) is 1.58. The van der Waals surface area contributed by atoms with Gasteiger partial charge in [0.05, 0.1) is 6.61 Å². The zero-order valence-electron chi connectivity index (χ0n) is 10.7. The molecule has 0 bridgehead atoms. The van der Waals surface area contributed by atoms with Crippen molar-refractivity contribution in [3.05, 3.63) is 29.8 Å². The van der Waals surface area contributed by atoms with E-state index in [-0.39, 0.29) is 5.91 Å². The van der Waals surface area contributed by atoms with Crippen LogP contribution in [-0.2, 0) is 11.2 Å². The number of carbonyl (C=O) groups excluding carboxylic acids is 1. The minimum Gasteiger partial charge on any atom is -0.494 e. The molecule has 0 aromatic heterocycles. The van der Waals surface area contributed by atoms with Crippen LogP contribution >= 0.6 is 0 Å². The standard InChI is InChI=1S/C14H21NO2/c1-3-5-14(16)15-11-10-12-6-8-13(9-7-12)17-4-2/h6-9H,3-5,10-11H2,1-2H3,(H,15,16). The first kappa shape index (κ1) is 13.6. The quantitative estimate of drug-likeness (QED) is 0.788. The molecule has 1 amide bonds. The summed E-state index contributed by atoms with van der Waals surface area (Å²) in [5, 5.41) is 2.90. The Kier molecular flexibility index (Phi) is 6.15. The number of hydrogen-bond donors (Lipinski definition) is 1. The number of benzene rings is 1. The van der Waals surface area contributed by atoms with Gasteiger partial charge in [-0.05, 0) is 37.5 Å². The van der Waals surface area contributed by atoms with E-state index >= 15 is 0 Å². The van der Waals surface area contributed by atoms with Crippen molar-refractivity contribution in [3.8, 4) is 5.75 Å². The summed E-state index contributed by atoms with van der Waals surface area (Å²) in [7, 11) is 0. The Labute approximate surface area is 103 Å². The van der Waals surface area contributed by atoms with Crippen LogP contribution in [0.5, 0.6) is 5.75 Å². The molecular formula is C14H21NO2. The average Bonchev–Trinajstić information content (AvgIpc) is 2.32. The topological polar surface area (TPSA) is 38.3 Å². The van der Waals surface area contributed by atoms with E-state index in [1.807, 2.05) is 38.1 Å². The first-order valence-corrected chi connectivity index (χ1v) is 6.24. The van der Waals surface area contributed by atoms with Gasteiger partial charge < -0.3 is 10.1 Å². The van der Waals surface area contributed by atoms with Crippen molar-refractivity contribution in [2.75, 3.05) is 13.2 Å². The second-order valence-electron chi connectivity index (χ2n) is 3.93. The molecule has 0 fully saturated rings. The molecule has 17 heavy (non-hydrogen) atoms. The molecule has 94 valence electrons. The van der Waals surface area contributed by atoms with Crippen LogP contribution in [-0.4, -0.2) is 19.1 Å². The van der Waals surface area contributed by atoms with Crippen LogP contribution in [0.1, 0.15) is 32.3 Å². The fourth-order valence-corrected chi connectivity index (χ4v) is 1.58. The molecule has 1 N–H and O–H groups in total. The maximum atomic E-state index is 11.2. The van der Waals surface area contributed by atoms with Crippen LogP contribution in [0.3, 0.4) is 0 Å². The van der Waals surface area contributed by atoms with E-state index in [4.69, 9.17) is 4.74 Å². The first-order valence-electron chi connectivity index (χ1n) is 6.24. The highest BCUT2D eigenvalue weighted by atomic mass is 16.5. The highest BCUT2D eigenvalue weighted by Crippen LogP contribution is 2.12. The van der Waals surface area contributed by atoms with Crippen LogP contribution in [0.25, 0.3) is 0 Å². The van der Waals surface area contributed by atoms with E-state index in [0.717, 1.165) is 18.6 Å². The summed E-state index contributed by atoms with van der Waals surface area (Å²) in [6, 6.07) is 8.01. The van der Waals surface area contributed by atoms with Gasteiger partial charge in [0, 0.05) is 13.0 Å². The van der Waals surface area contributed by atoms with Gasteiger partial charge in [-0.3, -0.25) is 4.79 Å². The summed E-state index contributed by atoms with van der Waals surface area (Å²) in [5.74, 6) is 1.03. The summed E-state index contributed by atoms with van der Waals surface area (Å²) >= 11 is 0. The minimum absolute atomic E-state index is 0.137. The lowest BCUT2D eigenvalue weighted by Crippen LogP contribution is -2.25. The molecule has 1 aromatic rings. The lowest BCUT2D eigenvalue weighted by molar-refractivity contribution is -0.121. The van der Waals surface area contributed by atoms with E-state index in [9.17, 15) is 4.79 Å². The van der Waals surface area contributed by atoms with Crippen LogP contribution in [0.2, 0.25) is 0 Å². The van der Waals surface area contributed by atoms with Crippen LogP contribution < -0.4 is 10.1 Å². The number of rotatable bonds is 7. The zero-order chi connectivity index (χ0) is 12.5. The van der Waals surface area contributed by atoms with Gasteiger partial charge in [-0.2, -0.15) is 0 Å². The summed E-state index contributed by atoms with van der Waals surface area (Å²) in [4.78, 5) is 11.2. The third-order valence-corrected chi connectivity index (χ3v) is 2.45. The molecule has 3 heteroatoms. The Morgan fingerprint density at radius 1 is 1.24 bits per heavy atom. The van der Waals surface area contributed by atoms with E-state index < -0.39 is 0 Å². The highest BCUT2D eigenvalue weighted by Gasteiger charge is 1.99. The van der Waals surface area contributed by atoms with Crippen molar-refractivity contribution in [1.82, 2.24) is 5.32 Å². The smallest absolute Gasteiger partial charge is 0.219 e. The Morgan fingerprint density at radius 3 is 2.53 bits per heavy atom. The second-order valence-corrected chi connectivity index (χ2v) is 3.93. The summed E-state index contributed by atoms with van der Waals surface area (Å²) < 4.78 is 5.37. The fraction of sp³-hybridized carbons (Fsp3) is 0.500. The molecular weight excluding hydrogens is 214 g/mol. The minimum atomic E-state index is 0.137. The number of carbonyl (C=O) groups is 1. The van der Waals surface area contributed by atoms with Gasteiger partial charge in [0.1, 0.15) is 5.75 Å². The van der Waals surface area contributed by atoms with Gasteiger partial charge >= 0.3 is 0 Å². The molecule has 1 aromatic carbocycles. The predicted octanol–water partition coefficient (Wildman–Crippen LogP) is 2.54. The van der Waals surface area contributed by atoms with Crippen molar-refractivity contribution in [1.29, 1.82) is 0 Å². The molecule has 0 radical (unpaired) electrons. The van der Waals surface area contributed by atoms with Crippen molar-refractivity contribution >= 4 is 5.91 Å². The lowest BCUT2D eigenvalue weighted by Gasteiger charge is -2.06.